The van der Waals surface area contributed by atoms with Crippen LogP contribution in [0, 0.1) is 5.82 Å². The lowest BCUT2D eigenvalue weighted by atomic mass is 9.80. The Morgan fingerprint density at radius 3 is 2.24 bits per heavy atom. The highest BCUT2D eigenvalue weighted by Crippen LogP contribution is 2.51. The number of aromatic nitrogens is 1. The third-order valence-electron chi connectivity index (χ3n) is 6.66. The van der Waals surface area contributed by atoms with E-state index in [-0.39, 0.29) is 22.3 Å². The van der Waals surface area contributed by atoms with Gasteiger partial charge in [-0.15, -0.1) is 0 Å². The van der Waals surface area contributed by atoms with Crippen molar-refractivity contribution in [3.05, 3.63) is 88.0 Å². The third kappa shape index (κ3) is 5.70. The van der Waals surface area contributed by atoms with Crippen molar-refractivity contribution in [1.82, 2.24) is 4.98 Å². The molecule has 3 aromatic rings. The van der Waals surface area contributed by atoms with Gasteiger partial charge in [0.15, 0.2) is 6.17 Å². The van der Waals surface area contributed by atoms with Crippen molar-refractivity contribution < 1.29 is 27.1 Å². The first-order chi connectivity index (χ1) is 17.5. The summed E-state index contributed by atoms with van der Waals surface area (Å²) < 4.78 is 69.7. The number of fused-ring (bicyclic) bond motifs is 1. The van der Waals surface area contributed by atoms with Gasteiger partial charge in [0, 0.05) is 16.4 Å². The molecule has 4 rings (SSSR count). The van der Waals surface area contributed by atoms with E-state index >= 15 is 4.39 Å². The fourth-order valence-corrected chi connectivity index (χ4v) is 6.04. The van der Waals surface area contributed by atoms with Crippen molar-refractivity contribution >= 4 is 11.8 Å². The molecule has 1 N–H and O–H groups in total. The van der Waals surface area contributed by atoms with Crippen LogP contribution in [-0.2, 0) is 6.18 Å². The zero-order valence-electron chi connectivity index (χ0n) is 20.9. The summed E-state index contributed by atoms with van der Waals surface area (Å²) >= 11 is 1.75. The molecule has 0 spiro atoms. The highest BCUT2D eigenvalue weighted by Gasteiger charge is 2.36. The second-order valence-corrected chi connectivity index (χ2v) is 11.0. The second-order valence-electron chi connectivity index (χ2n) is 9.68. The zero-order chi connectivity index (χ0) is 26.9. The molecule has 198 valence electrons. The smallest absolute Gasteiger partial charge is 0.388 e. The molecule has 1 aliphatic carbocycles. The van der Waals surface area contributed by atoms with Crippen molar-refractivity contribution in [1.29, 1.82) is 0 Å². The van der Waals surface area contributed by atoms with E-state index in [2.05, 4.69) is 6.92 Å². The van der Waals surface area contributed by atoms with Crippen LogP contribution >= 0.6 is 11.8 Å². The summed E-state index contributed by atoms with van der Waals surface area (Å²) in [5.74, 6) is 0.251. The second kappa shape index (κ2) is 11.1. The Balaban J connectivity index is 1.99. The molecule has 0 fully saturated rings. The van der Waals surface area contributed by atoms with E-state index in [1.54, 1.807) is 23.9 Å². The van der Waals surface area contributed by atoms with Crippen LogP contribution in [0.2, 0.25) is 0 Å². The number of alkyl halides is 4. The molecule has 0 saturated heterocycles. The van der Waals surface area contributed by atoms with Gasteiger partial charge in [-0.05, 0) is 71.9 Å². The van der Waals surface area contributed by atoms with Gasteiger partial charge in [0.2, 0.25) is 0 Å². The number of hydrogen-bond acceptors (Lipinski definition) is 3. The SMILES string of the molecule is CCCSC1CCC(O)c2c1nc(C(C)C)c(C(F)c1ccc(C(F)(F)F)cc1)c2-c1ccc(F)cc1. The van der Waals surface area contributed by atoms with Gasteiger partial charge in [0.1, 0.15) is 5.82 Å². The molecule has 2 nitrogen and oxygen atoms in total. The molecular weight excluding hydrogens is 505 g/mol. The Bertz CT molecular complexity index is 1230. The summed E-state index contributed by atoms with van der Waals surface area (Å²) in [6.07, 6.45) is -5.05. The molecule has 1 aromatic heterocycles. The van der Waals surface area contributed by atoms with Crippen LogP contribution in [0.4, 0.5) is 22.0 Å². The van der Waals surface area contributed by atoms with Gasteiger partial charge in [0.05, 0.1) is 23.1 Å². The van der Waals surface area contributed by atoms with Crippen LogP contribution in [0.15, 0.2) is 48.5 Å². The van der Waals surface area contributed by atoms with Gasteiger partial charge >= 0.3 is 6.18 Å². The number of rotatable bonds is 7. The number of benzene rings is 2. The lowest BCUT2D eigenvalue weighted by molar-refractivity contribution is -0.137. The zero-order valence-corrected chi connectivity index (χ0v) is 21.8. The lowest BCUT2D eigenvalue weighted by Gasteiger charge is -2.33. The summed E-state index contributed by atoms with van der Waals surface area (Å²) in [7, 11) is 0. The van der Waals surface area contributed by atoms with E-state index < -0.39 is 29.8 Å². The number of halogens is 5. The minimum Gasteiger partial charge on any atom is -0.388 e. The molecule has 3 atom stereocenters. The predicted octanol–water partition coefficient (Wildman–Crippen LogP) is 9.10. The first kappa shape index (κ1) is 27.6. The fraction of sp³-hybridized carbons (Fsp3) is 0.414. The Labute approximate surface area is 218 Å². The van der Waals surface area contributed by atoms with E-state index in [1.807, 2.05) is 13.8 Å². The van der Waals surface area contributed by atoms with Gasteiger partial charge in [-0.2, -0.15) is 24.9 Å². The summed E-state index contributed by atoms with van der Waals surface area (Å²) in [4.78, 5) is 4.93. The molecule has 1 heterocycles. The fourth-order valence-electron chi connectivity index (χ4n) is 4.88. The molecule has 37 heavy (non-hydrogen) atoms. The van der Waals surface area contributed by atoms with Crippen LogP contribution in [0.25, 0.3) is 11.1 Å². The van der Waals surface area contributed by atoms with Gasteiger partial charge in [0.25, 0.3) is 0 Å². The van der Waals surface area contributed by atoms with Gasteiger partial charge in [-0.25, -0.2) is 8.78 Å². The molecule has 3 unspecified atom stereocenters. The molecule has 1 aliphatic rings. The van der Waals surface area contributed by atoms with Crippen molar-refractivity contribution in [3.8, 4) is 11.1 Å². The maximum absolute atomic E-state index is 16.5. The van der Waals surface area contributed by atoms with Crippen LogP contribution < -0.4 is 0 Å². The Morgan fingerprint density at radius 2 is 1.68 bits per heavy atom. The number of nitrogens with zero attached hydrogens (tertiary/aromatic N) is 1. The van der Waals surface area contributed by atoms with E-state index in [0.717, 1.165) is 42.9 Å². The standard InChI is InChI=1S/C29H30F5NOS/c1-4-15-37-22-14-13-21(36)24-23(17-7-11-20(30)12-8-17)25(27(16(2)3)35-28(22)24)26(31)18-5-9-19(10-6-18)29(32,33)34/h5-12,16,21-22,26,36H,4,13-15H2,1-3H3. The number of hydrogen-bond donors (Lipinski definition) is 1. The molecule has 0 amide bonds. The molecule has 0 bridgehead atoms. The molecular formula is C29H30F5NOS. The van der Waals surface area contributed by atoms with Gasteiger partial charge in [-0.1, -0.05) is 45.0 Å². The third-order valence-corrected chi connectivity index (χ3v) is 8.16. The maximum atomic E-state index is 16.5. The average Bonchev–Trinajstić information content (AvgIpc) is 2.87. The van der Waals surface area contributed by atoms with E-state index in [0.29, 0.717) is 34.5 Å². The number of pyridine rings is 1. The van der Waals surface area contributed by atoms with Crippen LogP contribution in [-0.4, -0.2) is 15.8 Å². The average molecular weight is 536 g/mol. The maximum Gasteiger partial charge on any atom is 0.416 e. The summed E-state index contributed by atoms with van der Waals surface area (Å²) in [6, 6.07) is 9.68. The minimum atomic E-state index is -4.53. The summed E-state index contributed by atoms with van der Waals surface area (Å²) in [5.41, 5.74) is 2.12. The van der Waals surface area contributed by atoms with Crippen molar-refractivity contribution in [2.24, 2.45) is 0 Å². The Kier molecular flexibility index (Phi) is 8.29. The normalized spacial score (nSPS) is 18.6. The molecule has 0 aliphatic heterocycles. The highest BCUT2D eigenvalue weighted by atomic mass is 32.2. The van der Waals surface area contributed by atoms with E-state index in [1.165, 1.54) is 12.1 Å². The van der Waals surface area contributed by atoms with Crippen LogP contribution in [0.5, 0.6) is 0 Å². The van der Waals surface area contributed by atoms with Crippen molar-refractivity contribution in [3.63, 3.8) is 0 Å². The lowest BCUT2D eigenvalue weighted by Crippen LogP contribution is -2.21. The van der Waals surface area contributed by atoms with Crippen LogP contribution in [0.3, 0.4) is 0 Å². The number of aliphatic hydroxyl groups excluding tert-OH is 1. The Morgan fingerprint density at radius 1 is 1.03 bits per heavy atom. The molecule has 8 heteroatoms. The number of thioether (sulfide) groups is 1. The quantitative estimate of drug-likeness (QED) is 0.306. The number of aliphatic hydroxyl groups is 1. The molecule has 0 saturated carbocycles. The first-order valence-electron chi connectivity index (χ1n) is 12.5. The van der Waals surface area contributed by atoms with Crippen LogP contribution in [0.1, 0.15) is 97.1 Å². The van der Waals surface area contributed by atoms with Gasteiger partial charge < -0.3 is 5.11 Å². The largest absolute Gasteiger partial charge is 0.416 e. The predicted molar refractivity (Wildman–Crippen MR) is 138 cm³/mol. The Hall–Kier alpha value is -2.45. The molecule has 0 radical (unpaired) electrons. The summed E-state index contributed by atoms with van der Waals surface area (Å²) in [5, 5.41) is 11.2. The first-order valence-corrected chi connectivity index (χ1v) is 13.5. The topological polar surface area (TPSA) is 33.1 Å². The summed E-state index contributed by atoms with van der Waals surface area (Å²) in [6.45, 7) is 5.86. The van der Waals surface area contributed by atoms with Crippen molar-refractivity contribution in [2.75, 3.05) is 5.75 Å². The van der Waals surface area contributed by atoms with E-state index in [9.17, 15) is 22.7 Å². The van der Waals surface area contributed by atoms with E-state index in [4.69, 9.17) is 4.98 Å². The minimum absolute atomic E-state index is 0.0215. The molecule has 2 aromatic carbocycles. The highest BCUT2D eigenvalue weighted by molar-refractivity contribution is 7.99. The van der Waals surface area contributed by atoms with Gasteiger partial charge in [-0.3, -0.25) is 4.98 Å². The monoisotopic (exact) mass is 535 g/mol. The van der Waals surface area contributed by atoms with Crippen molar-refractivity contribution in [2.45, 2.75) is 69.7 Å².